The van der Waals surface area contributed by atoms with Crippen LogP contribution in [0.3, 0.4) is 0 Å². The molecule has 0 saturated heterocycles. The van der Waals surface area contributed by atoms with E-state index in [0.717, 1.165) is 11.5 Å². The summed E-state index contributed by atoms with van der Waals surface area (Å²) in [6, 6.07) is -0.595. The van der Waals surface area contributed by atoms with Gasteiger partial charge in [-0.2, -0.15) is 0 Å². The molecule has 78 valence electrons. The van der Waals surface area contributed by atoms with Crippen molar-refractivity contribution >= 4 is 5.97 Å². The van der Waals surface area contributed by atoms with Crippen LogP contribution < -0.4 is 5.32 Å². The maximum atomic E-state index is 10.5. The highest BCUT2D eigenvalue weighted by atomic mass is 16.4. The Morgan fingerprint density at radius 3 is 2.71 bits per heavy atom. The van der Waals surface area contributed by atoms with Gasteiger partial charge in [0.1, 0.15) is 11.8 Å². The molecule has 0 bridgehead atoms. The van der Waals surface area contributed by atoms with Crippen LogP contribution >= 0.6 is 0 Å². The van der Waals surface area contributed by atoms with Crippen molar-refractivity contribution in [3.63, 3.8) is 0 Å². The number of nitrogens with one attached hydrogen (secondary N) is 1. The van der Waals surface area contributed by atoms with Crippen molar-refractivity contribution in [3.05, 3.63) is 17.3 Å². The highest BCUT2D eigenvalue weighted by Crippen LogP contribution is 2.07. The molecule has 0 radical (unpaired) electrons. The molecular formula is C9H14N2O3. The van der Waals surface area contributed by atoms with E-state index in [4.69, 9.17) is 9.52 Å². The van der Waals surface area contributed by atoms with E-state index in [-0.39, 0.29) is 0 Å². The Hall–Kier alpha value is -1.36. The number of nitrogens with zero attached hydrogens (tertiary/aromatic N) is 1. The number of carbonyl (C=O) groups is 1. The van der Waals surface area contributed by atoms with Crippen molar-refractivity contribution in [2.75, 3.05) is 0 Å². The summed E-state index contributed by atoms with van der Waals surface area (Å²) in [6.45, 7) is 5.59. The van der Waals surface area contributed by atoms with Gasteiger partial charge in [0.25, 0.3) is 0 Å². The minimum atomic E-state index is -0.884. The van der Waals surface area contributed by atoms with Crippen molar-refractivity contribution in [1.82, 2.24) is 10.3 Å². The van der Waals surface area contributed by atoms with Crippen molar-refractivity contribution in [2.45, 2.75) is 33.4 Å². The molecule has 1 aromatic rings. The minimum absolute atomic E-state index is 0.335. The average molecular weight is 198 g/mol. The van der Waals surface area contributed by atoms with Crippen LogP contribution in [-0.4, -0.2) is 22.1 Å². The number of oxazole rings is 1. The van der Waals surface area contributed by atoms with Crippen molar-refractivity contribution < 1.29 is 14.3 Å². The fourth-order valence-corrected chi connectivity index (χ4v) is 0.942. The molecule has 1 atom stereocenters. The second-order valence-corrected chi connectivity index (χ2v) is 3.19. The predicted molar refractivity (Wildman–Crippen MR) is 49.9 cm³/mol. The molecule has 0 aliphatic rings. The lowest BCUT2D eigenvalue weighted by Crippen LogP contribution is -2.33. The summed E-state index contributed by atoms with van der Waals surface area (Å²) >= 11 is 0. The lowest BCUT2D eigenvalue weighted by atomic mass is 10.3. The molecule has 1 rings (SSSR count). The molecule has 5 nitrogen and oxygen atoms in total. The molecular weight excluding hydrogens is 184 g/mol. The van der Waals surface area contributed by atoms with Crippen LogP contribution in [0.5, 0.6) is 0 Å². The fourth-order valence-electron chi connectivity index (χ4n) is 0.942. The highest BCUT2D eigenvalue weighted by molar-refractivity contribution is 5.72. The van der Waals surface area contributed by atoms with E-state index in [2.05, 4.69) is 10.3 Å². The Balaban J connectivity index is 2.50. The molecule has 0 saturated carbocycles. The summed E-state index contributed by atoms with van der Waals surface area (Å²) in [5, 5.41) is 11.4. The number of aryl methyl sites for hydroxylation is 2. The van der Waals surface area contributed by atoms with Gasteiger partial charge in [-0.1, -0.05) is 0 Å². The molecule has 0 aliphatic heterocycles. The standard InChI is InChI=1S/C9H14N2O3/c1-5-7(3)14-8(11-5)4-10-6(2)9(12)13/h6,10H,4H2,1-3H3,(H,12,13)/t6-/m1/s1. The van der Waals surface area contributed by atoms with Crippen LogP contribution in [-0.2, 0) is 11.3 Å². The molecule has 0 spiro atoms. The van der Waals surface area contributed by atoms with Crippen LogP contribution in [0.2, 0.25) is 0 Å². The normalized spacial score (nSPS) is 12.8. The van der Waals surface area contributed by atoms with Crippen LogP contribution in [0.4, 0.5) is 0 Å². The zero-order valence-electron chi connectivity index (χ0n) is 8.50. The second kappa shape index (κ2) is 4.23. The summed E-state index contributed by atoms with van der Waals surface area (Å²) in [7, 11) is 0. The summed E-state index contributed by atoms with van der Waals surface area (Å²) < 4.78 is 5.28. The molecule has 0 amide bonds. The fraction of sp³-hybridized carbons (Fsp3) is 0.556. The van der Waals surface area contributed by atoms with E-state index in [1.807, 2.05) is 13.8 Å². The molecule has 0 aliphatic carbocycles. The molecule has 1 aromatic heterocycles. The largest absolute Gasteiger partial charge is 0.480 e. The van der Waals surface area contributed by atoms with E-state index >= 15 is 0 Å². The van der Waals surface area contributed by atoms with Gasteiger partial charge in [-0.3, -0.25) is 10.1 Å². The van der Waals surface area contributed by atoms with E-state index < -0.39 is 12.0 Å². The Labute approximate surface area is 82.1 Å². The summed E-state index contributed by atoms with van der Waals surface area (Å²) in [4.78, 5) is 14.6. The molecule has 0 unspecified atom stereocenters. The van der Waals surface area contributed by atoms with Gasteiger partial charge in [0.05, 0.1) is 12.2 Å². The average Bonchev–Trinajstić information content (AvgIpc) is 2.42. The Morgan fingerprint density at radius 2 is 2.29 bits per heavy atom. The number of aliphatic carboxylic acids is 1. The maximum Gasteiger partial charge on any atom is 0.320 e. The Kier molecular flexibility index (Phi) is 3.24. The first-order valence-electron chi connectivity index (χ1n) is 4.40. The van der Waals surface area contributed by atoms with Crippen molar-refractivity contribution in [1.29, 1.82) is 0 Å². The van der Waals surface area contributed by atoms with Gasteiger partial charge in [0.2, 0.25) is 5.89 Å². The number of rotatable bonds is 4. The highest BCUT2D eigenvalue weighted by Gasteiger charge is 2.11. The van der Waals surface area contributed by atoms with Gasteiger partial charge in [0.15, 0.2) is 0 Å². The van der Waals surface area contributed by atoms with E-state index in [1.54, 1.807) is 6.92 Å². The first kappa shape index (κ1) is 10.7. The smallest absolute Gasteiger partial charge is 0.320 e. The Morgan fingerprint density at radius 1 is 1.64 bits per heavy atom. The third kappa shape index (κ3) is 2.56. The van der Waals surface area contributed by atoms with Crippen molar-refractivity contribution in [2.24, 2.45) is 0 Å². The van der Waals surface area contributed by atoms with E-state index in [9.17, 15) is 4.79 Å². The van der Waals surface area contributed by atoms with Gasteiger partial charge >= 0.3 is 5.97 Å². The predicted octanol–water partition coefficient (Wildman–Crippen LogP) is 0.854. The van der Waals surface area contributed by atoms with Crippen LogP contribution in [0.25, 0.3) is 0 Å². The summed E-state index contributed by atoms with van der Waals surface area (Å²) in [6.07, 6.45) is 0. The first-order chi connectivity index (χ1) is 6.50. The zero-order chi connectivity index (χ0) is 10.7. The third-order valence-corrected chi connectivity index (χ3v) is 2.00. The maximum absolute atomic E-state index is 10.5. The molecule has 2 N–H and O–H groups in total. The third-order valence-electron chi connectivity index (χ3n) is 2.00. The van der Waals surface area contributed by atoms with Gasteiger partial charge in [-0.05, 0) is 20.8 Å². The molecule has 14 heavy (non-hydrogen) atoms. The summed E-state index contributed by atoms with van der Waals surface area (Å²) in [5.74, 6) is 0.405. The van der Waals surface area contributed by atoms with Crippen molar-refractivity contribution in [3.8, 4) is 0 Å². The number of aromatic nitrogens is 1. The van der Waals surface area contributed by atoms with Gasteiger partial charge < -0.3 is 9.52 Å². The van der Waals surface area contributed by atoms with Gasteiger partial charge in [-0.25, -0.2) is 4.98 Å². The molecule has 0 fully saturated rings. The lowest BCUT2D eigenvalue weighted by molar-refractivity contribution is -0.139. The topological polar surface area (TPSA) is 75.4 Å². The van der Waals surface area contributed by atoms with Crippen LogP contribution in [0.15, 0.2) is 4.42 Å². The molecule has 1 heterocycles. The minimum Gasteiger partial charge on any atom is -0.480 e. The quantitative estimate of drug-likeness (QED) is 0.750. The number of hydrogen-bond donors (Lipinski definition) is 2. The second-order valence-electron chi connectivity index (χ2n) is 3.19. The van der Waals surface area contributed by atoms with Crippen LogP contribution in [0.1, 0.15) is 24.3 Å². The number of hydrogen-bond acceptors (Lipinski definition) is 4. The van der Waals surface area contributed by atoms with Gasteiger partial charge in [-0.15, -0.1) is 0 Å². The number of carboxylic acids is 1. The van der Waals surface area contributed by atoms with E-state index in [1.165, 1.54) is 0 Å². The summed E-state index contributed by atoms with van der Waals surface area (Å²) in [5.41, 5.74) is 0.838. The monoisotopic (exact) mass is 198 g/mol. The van der Waals surface area contributed by atoms with E-state index in [0.29, 0.717) is 12.4 Å². The van der Waals surface area contributed by atoms with Gasteiger partial charge in [0, 0.05) is 0 Å². The van der Waals surface area contributed by atoms with Crippen LogP contribution in [0, 0.1) is 13.8 Å². The first-order valence-corrected chi connectivity index (χ1v) is 4.40. The number of carboxylic acid groups (broad SMARTS) is 1. The Bertz CT molecular complexity index is 313. The lowest BCUT2D eigenvalue weighted by Gasteiger charge is -2.05. The SMILES string of the molecule is Cc1nc(CN[C@H](C)C(=O)O)oc1C. The molecule has 5 heteroatoms. The zero-order valence-corrected chi connectivity index (χ0v) is 8.50. The molecule has 0 aromatic carbocycles.